The van der Waals surface area contributed by atoms with Crippen molar-refractivity contribution in [3.05, 3.63) is 0 Å². The molecule has 0 aliphatic carbocycles. The fraction of sp³-hybridized carbons (Fsp3) is 0.900. The average molecular weight is 198 g/mol. The zero-order valence-electron chi connectivity index (χ0n) is 8.96. The molecule has 2 fully saturated rings. The van der Waals surface area contributed by atoms with Gasteiger partial charge in [-0.1, -0.05) is 13.8 Å². The van der Waals surface area contributed by atoms with Gasteiger partial charge in [0.1, 0.15) is 0 Å². The highest BCUT2D eigenvalue weighted by molar-refractivity contribution is 5.83. The molecule has 0 aromatic heterocycles. The van der Waals surface area contributed by atoms with Crippen LogP contribution in [0, 0.1) is 5.92 Å². The predicted octanol–water partition coefficient (Wildman–Crippen LogP) is -0.112. The van der Waals surface area contributed by atoms with Crippen LogP contribution < -0.4 is 10.6 Å². The van der Waals surface area contributed by atoms with Gasteiger partial charge in [0, 0.05) is 6.04 Å². The van der Waals surface area contributed by atoms with Crippen LogP contribution in [0.3, 0.4) is 0 Å². The van der Waals surface area contributed by atoms with E-state index in [1.54, 1.807) is 0 Å². The average Bonchev–Trinajstić information content (AvgIpc) is 2.00. The van der Waals surface area contributed by atoms with Gasteiger partial charge in [-0.2, -0.15) is 0 Å². The molecule has 1 spiro atoms. The maximum absolute atomic E-state index is 11.7. The third kappa shape index (κ3) is 1.33. The summed E-state index contributed by atoms with van der Waals surface area (Å²) in [5.74, 6) is 0.435. The van der Waals surface area contributed by atoms with E-state index in [1.165, 1.54) is 0 Å². The van der Waals surface area contributed by atoms with E-state index in [4.69, 9.17) is 4.74 Å². The second-order valence-electron chi connectivity index (χ2n) is 4.75. The highest BCUT2D eigenvalue weighted by Gasteiger charge is 2.50. The second kappa shape index (κ2) is 3.21. The van der Waals surface area contributed by atoms with Gasteiger partial charge in [0.15, 0.2) is 0 Å². The lowest BCUT2D eigenvalue weighted by atomic mass is 9.83. The Morgan fingerprint density at radius 1 is 1.50 bits per heavy atom. The zero-order chi connectivity index (χ0) is 10.3. The summed E-state index contributed by atoms with van der Waals surface area (Å²) < 4.78 is 5.24. The molecule has 2 N–H and O–H groups in total. The largest absolute Gasteiger partial charge is 0.377 e. The fourth-order valence-electron chi connectivity index (χ4n) is 2.07. The van der Waals surface area contributed by atoms with Crippen LogP contribution in [-0.4, -0.2) is 36.7 Å². The van der Waals surface area contributed by atoms with Gasteiger partial charge in [-0.05, 0) is 12.8 Å². The van der Waals surface area contributed by atoms with Gasteiger partial charge in [-0.3, -0.25) is 10.1 Å². The van der Waals surface area contributed by atoms with Gasteiger partial charge in [0.25, 0.3) is 0 Å². The van der Waals surface area contributed by atoms with Crippen LogP contribution in [-0.2, 0) is 9.53 Å². The number of carbonyl (C=O) groups is 1. The van der Waals surface area contributed by atoms with Crippen LogP contribution in [0.25, 0.3) is 0 Å². The van der Waals surface area contributed by atoms with Gasteiger partial charge >= 0.3 is 0 Å². The molecule has 1 unspecified atom stereocenters. The molecule has 1 amide bonds. The Bertz CT molecular complexity index is 249. The van der Waals surface area contributed by atoms with Crippen molar-refractivity contribution < 1.29 is 9.53 Å². The van der Waals surface area contributed by atoms with Crippen LogP contribution in [0.15, 0.2) is 0 Å². The quantitative estimate of drug-likeness (QED) is 0.618. The monoisotopic (exact) mass is 198 g/mol. The van der Waals surface area contributed by atoms with Gasteiger partial charge in [0.2, 0.25) is 5.91 Å². The molecule has 0 saturated carbocycles. The van der Waals surface area contributed by atoms with Crippen molar-refractivity contribution in [2.45, 2.75) is 38.4 Å². The molecule has 2 rings (SSSR count). The summed E-state index contributed by atoms with van der Waals surface area (Å²) in [5, 5.41) is 6.45. The van der Waals surface area contributed by atoms with Crippen LogP contribution in [0.1, 0.15) is 20.8 Å². The first-order valence-electron chi connectivity index (χ1n) is 5.21. The van der Waals surface area contributed by atoms with Gasteiger partial charge in [0.05, 0.1) is 24.8 Å². The Labute approximate surface area is 84.4 Å². The number of rotatable bonds is 1. The first-order valence-corrected chi connectivity index (χ1v) is 5.21. The molecule has 0 aromatic rings. The summed E-state index contributed by atoms with van der Waals surface area (Å²) in [6, 6.07) is 0.0915. The highest BCUT2D eigenvalue weighted by atomic mass is 16.5. The number of hydrogen-bond donors (Lipinski definition) is 2. The summed E-state index contributed by atoms with van der Waals surface area (Å²) in [5.41, 5.74) is -0.0111. The molecule has 4 heteroatoms. The maximum Gasteiger partial charge on any atom is 0.237 e. The third-order valence-electron chi connectivity index (χ3n) is 3.30. The molecular weight excluding hydrogens is 180 g/mol. The van der Waals surface area contributed by atoms with Crippen molar-refractivity contribution in [1.29, 1.82) is 0 Å². The molecule has 14 heavy (non-hydrogen) atoms. The lowest BCUT2D eigenvalue weighted by molar-refractivity contribution is -0.144. The first kappa shape index (κ1) is 9.93. The normalized spacial score (nSPS) is 35.6. The van der Waals surface area contributed by atoms with Crippen molar-refractivity contribution in [2.75, 3.05) is 13.2 Å². The van der Waals surface area contributed by atoms with Gasteiger partial charge in [-0.25, -0.2) is 0 Å². The molecule has 2 aliphatic rings. The van der Waals surface area contributed by atoms with E-state index in [0.717, 1.165) is 0 Å². The maximum atomic E-state index is 11.7. The Balaban J connectivity index is 2.12. The van der Waals surface area contributed by atoms with Crippen LogP contribution in [0.4, 0.5) is 0 Å². The van der Waals surface area contributed by atoms with E-state index in [1.807, 2.05) is 6.92 Å². The van der Waals surface area contributed by atoms with Gasteiger partial charge < -0.3 is 10.1 Å². The number of hydrogen-bond acceptors (Lipinski definition) is 3. The number of piperazine rings is 1. The van der Waals surface area contributed by atoms with E-state index >= 15 is 0 Å². The molecule has 0 aromatic carbocycles. The summed E-state index contributed by atoms with van der Waals surface area (Å²) in [4.78, 5) is 11.7. The Morgan fingerprint density at radius 2 is 2.14 bits per heavy atom. The summed E-state index contributed by atoms with van der Waals surface area (Å²) in [7, 11) is 0. The molecule has 80 valence electrons. The van der Waals surface area contributed by atoms with E-state index in [0.29, 0.717) is 19.1 Å². The summed E-state index contributed by atoms with van der Waals surface area (Å²) in [6.45, 7) is 7.56. The number of ether oxygens (including phenoxy) is 1. The van der Waals surface area contributed by atoms with Crippen molar-refractivity contribution in [1.82, 2.24) is 10.6 Å². The van der Waals surface area contributed by atoms with Crippen molar-refractivity contribution >= 4 is 5.91 Å². The van der Waals surface area contributed by atoms with E-state index in [2.05, 4.69) is 24.5 Å². The standard InChI is InChI=1S/C10H18N2O2/c1-6(2)8-9(13)11-7(3)10(12-8)4-14-5-10/h6-8,12H,4-5H2,1-3H3,(H,11,13)/t7?,8-/m0/s1. The zero-order valence-corrected chi connectivity index (χ0v) is 8.96. The third-order valence-corrected chi connectivity index (χ3v) is 3.30. The number of nitrogens with one attached hydrogen (secondary N) is 2. The SMILES string of the molecule is CC(C)[C@@H]1NC2(COC2)C(C)NC1=O. The van der Waals surface area contributed by atoms with Gasteiger partial charge in [-0.15, -0.1) is 0 Å². The molecule has 0 bridgehead atoms. The van der Waals surface area contributed by atoms with Crippen molar-refractivity contribution in [3.8, 4) is 0 Å². The smallest absolute Gasteiger partial charge is 0.237 e. The summed E-state index contributed by atoms with van der Waals surface area (Å²) in [6.07, 6.45) is 0. The molecular formula is C10H18N2O2. The highest BCUT2D eigenvalue weighted by Crippen LogP contribution is 2.26. The molecule has 2 atom stereocenters. The Kier molecular flexibility index (Phi) is 2.27. The lowest BCUT2D eigenvalue weighted by Gasteiger charge is -2.52. The minimum atomic E-state index is -0.0740. The second-order valence-corrected chi connectivity index (χ2v) is 4.75. The first-order chi connectivity index (χ1) is 6.55. The Morgan fingerprint density at radius 3 is 2.57 bits per heavy atom. The van der Waals surface area contributed by atoms with Crippen LogP contribution in [0.5, 0.6) is 0 Å². The van der Waals surface area contributed by atoms with E-state index in [9.17, 15) is 4.79 Å². The number of carbonyl (C=O) groups excluding carboxylic acids is 1. The van der Waals surface area contributed by atoms with E-state index in [-0.39, 0.29) is 23.5 Å². The number of amides is 1. The molecule has 4 nitrogen and oxygen atoms in total. The van der Waals surface area contributed by atoms with Crippen molar-refractivity contribution in [3.63, 3.8) is 0 Å². The minimum absolute atomic E-state index is 0.0111. The topological polar surface area (TPSA) is 50.4 Å². The minimum Gasteiger partial charge on any atom is -0.377 e. The van der Waals surface area contributed by atoms with Crippen molar-refractivity contribution in [2.24, 2.45) is 5.92 Å². The lowest BCUT2D eigenvalue weighted by Crippen LogP contribution is -2.78. The summed E-state index contributed by atoms with van der Waals surface area (Å²) >= 11 is 0. The van der Waals surface area contributed by atoms with Crippen LogP contribution in [0.2, 0.25) is 0 Å². The Hall–Kier alpha value is -0.610. The van der Waals surface area contributed by atoms with Crippen LogP contribution >= 0.6 is 0 Å². The molecule has 2 heterocycles. The molecule has 2 aliphatic heterocycles. The molecule has 0 radical (unpaired) electrons. The van der Waals surface area contributed by atoms with E-state index < -0.39 is 0 Å². The predicted molar refractivity (Wildman–Crippen MR) is 52.9 cm³/mol. The fourth-order valence-corrected chi connectivity index (χ4v) is 2.07. The molecule has 2 saturated heterocycles.